The lowest BCUT2D eigenvalue weighted by molar-refractivity contribution is 0.428. The van der Waals surface area contributed by atoms with E-state index < -0.39 is 0 Å². The number of rotatable bonds is 5. The molecule has 0 saturated carbocycles. The summed E-state index contributed by atoms with van der Waals surface area (Å²) in [5.41, 5.74) is 11.8. The van der Waals surface area contributed by atoms with Crippen molar-refractivity contribution in [3.05, 3.63) is 76.9 Å². The van der Waals surface area contributed by atoms with Crippen molar-refractivity contribution in [1.82, 2.24) is 34.4 Å². The van der Waals surface area contributed by atoms with Crippen LogP contribution in [0.2, 0.25) is 0 Å². The fraction of sp³-hybridized carbons (Fsp3) is 0.333. The zero-order chi connectivity index (χ0) is 26.4. The van der Waals surface area contributed by atoms with Crippen LogP contribution in [-0.4, -0.2) is 48.0 Å². The predicted octanol–water partition coefficient (Wildman–Crippen LogP) is 5.62. The smallest absolute Gasteiger partial charge is 0.228 e. The molecule has 0 fully saturated rings. The average Bonchev–Trinajstić information content (AvgIpc) is 3.50. The Morgan fingerprint density at radius 1 is 0.947 bits per heavy atom. The lowest BCUT2D eigenvalue weighted by Crippen LogP contribution is -2.17. The van der Waals surface area contributed by atoms with E-state index >= 15 is 0 Å². The summed E-state index contributed by atoms with van der Waals surface area (Å²) in [5, 5.41) is 12.7. The van der Waals surface area contributed by atoms with Crippen molar-refractivity contribution in [2.75, 3.05) is 18.9 Å². The van der Waals surface area contributed by atoms with Crippen molar-refractivity contribution in [3.8, 4) is 22.5 Å². The molecule has 0 unspecified atom stereocenters. The Morgan fingerprint density at radius 2 is 1.74 bits per heavy atom. The maximum Gasteiger partial charge on any atom is 0.228 e. The molecule has 6 rings (SSSR count). The van der Waals surface area contributed by atoms with Crippen molar-refractivity contribution in [2.45, 2.75) is 46.6 Å². The summed E-state index contributed by atoms with van der Waals surface area (Å²) in [7, 11) is 4.20. The summed E-state index contributed by atoms with van der Waals surface area (Å²) >= 11 is 0. The highest BCUT2D eigenvalue weighted by molar-refractivity contribution is 5.85. The molecule has 1 aliphatic heterocycles. The molecule has 2 aliphatic rings. The molecule has 194 valence electrons. The van der Waals surface area contributed by atoms with Crippen molar-refractivity contribution in [3.63, 3.8) is 0 Å². The Morgan fingerprint density at radius 3 is 2.50 bits per heavy atom. The highest BCUT2D eigenvalue weighted by Crippen LogP contribution is 2.40. The van der Waals surface area contributed by atoms with Gasteiger partial charge in [0.05, 0.1) is 17.1 Å². The van der Waals surface area contributed by atoms with Crippen LogP contribution in [0.4, 0.5) is 11.8 Å². The van der Waals surface area contributed by atoms with E-state index in [4.69, 9.17) is 10.1 Å². The molecule has 1 N–H and O–H groups in total. The molecule has 4 heterocycles. The number of benzene rings is 1. The van der Waals surface area contributed by atoms with Gasteiger partial charge in [0.2, 0.25) is 5.95 Å². The Balaban J connectivity index is 1.38. The number of hydrogen-bond donors (Lipinski definition) is 1. The summed E-state index contributed by atoms with van der Waals surface area (Å²) in [4.78, 5) is 11.9. The summed E-state index contributed by atoms with van der Waals surface area (Å²) in [5.74, 6) is 1.29. The third-order valence-corrected chi connectivity index (χ3v) is 7.72. The third-order valence-electron chi connectivity index (χ3n) is 7.72. The summed E-state index contributed by atoms with van der Waals surface area (Å²) in [6.07, 6.45) is 9.09. The minimum atomic E-state index is 0.546. The van der Waals surface area contributed by atoms with E-state index in [9.17, 15) is 0 Å². The molecule has 0 saturated heterocycles. The second kappa shape index (κ2) is 9.59. The van der Waals surface area contributed by atoms with Crippen LogP contribution < -0.4 is 5.32 Å². The van der Waals surface area contributed by atoms with Gasteiger partial charge in [-0.1, -0.05) is 35.9 Å². The van der Waals surface area contributed by atoms with E-state index in [1.807, 2.05) is 34.9 Å². The number of aryl methyl sites for hydroxylation is 4. The molecule has 8 heteroatoms. The zero-order valence-electron chi connectivity index (χ0n) is 22.8. The monoisotopic (exact) mass is 506 g/mol. The summed E-state index contributed by atoms with van der Waals surface area (Å²) < 4.78 is 3.88. The SMILES string of the molecule is CCn1ccc(Nc2ncc3c(n2)-c2c(nn(C)c2-c2ccc(C4=C(C)N(C)CCC(C)=C4)cc2)CC3)n1. The van der Waals surface area contributed by atoms with Crippen LogP contribution >= 0.6 is 0 Å². The lowest BCUT2D eigenvalue weighted by atomic mass is 9.91. The minimum absolute atomic E-state index is 0.546. The number of nitrogens with one attached hydrogen (secondary N) is 1. The van der Waals surface area contributed by atoms with Crippen LogP contribution in [-0.2, 0) is 26.4 Å². The summed E-state index contributed by atoms with van der Waals surface area (Å²) in [6, 6.07) is 10.8. The van der Waals surface area contributed by atoms with Crippen molar-refractivity contribution in [1.29, 1.82) is 0 Å². The van der Waals surface area contributed by atoms with E-state index in [1.54, 1.807) is 0 Å². The Hall–Kier alpha value is -4.20. The molecule has 1 aliphatic carbocycles. The van der Waals surface area contributed by atoms with Gasteiger partial charge in [0, 0.05) is 68.0 Å². The first-order valence-corrected chi connectivity index (χ1v) is 13.3. The van der Waals surface area contributed by atoms with E-state index in [1.165, 1.54) is 22.4 Å². The molecule has 1 aromatic carbocycles. The normalized spacial score (nSPS) is 15.2. The van der Waals surface area contributed by atoms with Gasteiger partial charge in [-0.25, -0.2) is 9.97 Å². The molecule has 4 aromatic rings. The molecule has 0 radical (unpaired) electrons. The van der Waals surface area contributed by atoms with Gasteiger partial charge in [-0.2, -0.15) is 10.2 Å². The van der Waals surface area contributed by atoms with E-state index in [-0.39, 0.29) is 0 Å². The quantitative estimate of drug-likeness (QED) is 0.379. The highest BCUT2D eigenvalue weighted by Gasteiger charge is 2.27. The van der Waals surface area contributed by atoms with Gasteiger partial charge in [-0.05, 0) is 51.2 Å². The van der Waals surface area contributed by atoms with Gasteiger partial charge in [-0.15, -0.1) is 0 Å². The van der Waals surface area contributed by atoms with Crippen LogP contribution in [0.5, 0.6) is 0 Å². The molecule has 0 atom stereocenters. The molecule has 0 spiro atoms. The number of nitrogens with zero attached hydrogens (tertiary/aromatic N) is 7. The highest BCUT2D eigenvalue weighted by atomic mass is 15.3. The van der Waals surface area contributed by atoms with Crippen LogP contribution in [0.15, 0.2) is 60.1 Å². The van der Waals surface area contributed by atoms with Crippen molar-refractivity contribution in [2.24, 2.45) is 7.05 Å². The first-order chi connectivity index (χ1) is 18.4. The standard InChI is InChI=1S/C30H34N8/c1-6-38-16-14-26(35-38)32-30-31-18-23-11-12-25-27(28(23)33-30)29(37(5)34-25)22-9-7-21(8-10-22)24-17-19(2)13-15-36(4)20(24)3/h7-10,14,16-18H,6,11-13,15H2,1-5H3,(H,31,32,33,35). The van der Waals surface area contributed by atoms with Gasteiger partial charge in [0.1, 0.15) is 0 Å². The molecule has 0 bridgehead atoms. The maximum atomic E-state index is 4.97. The van der Waals surface area contributed by atoms with Crippen molar-refractivity contribution < 1.29 is 0 Å². The minimum Gasteiger partial charge on any atom is -0.377 e. The number of anilines is 2. The topological polar surface area (TPSA) is 76.7 Å². The Kier molecular flexibility index (Phi) is 6.10. The first-order valence-electron chi connectivity index (χ1n) is 13.3. The van der Waals surface area contributed by atoms with Crippen molar-refractivity contribution >= 4 is 17.3 Å². The fourth-order valence-corrected chi connectivity index (χ4v) is 5.41. The van der Waals surface area contributed by atoms with Crippen LogP contribution in [0.3, 0.4) is 0 Å². The largest absolute Gasteiger partial charge is 0.377 e. The van der Waals surface area contributed by atoms with Crippen LogP contribution in [0, 0.1) is 0 Å². The number of allylic oxidation sites excluding steroid dienone is 3. The molecule has 3 aromatic heterocycles. The van der Waals surface area contributed by atoms with Gasteiger partial charge in [0.25, 0.3) is 0 Å². The first kappa shape index (κ1) is 24.2. The van der Waals surface area contributed by atoms with Gasteiger partial charge in [0.15, 0.2) is 5.82 Å². The number of hydrogen-bond acceptors (Lipinski definition) is 6. The van der Waals surface area contributed by atoms with E-state index in [2.05, 4.69) is 78.5 Å². The zero-order valence-corrected chi connectivity index (χ0v) is 22.8. The Bertz CT molecular complexity index is 1570. The molecular formula is C30H34N8. The third kappa shape index (κ3) is 4.30. The van der Waals surface area contributed by atoms with Gasteiger partial charge >= 0.3 is 0 Å². The van der Waals surface area contributed by atoms with Gasteiger partial charge < -0.3 is 10.2 Å². The average molecular weight is 507 g/mol. The fourth-order valence-electron chi connectivity index (χ4n) is 5.41. The van der Waals surface area contributed by atoms with E-state index in [0.717, 1.165) is 71.9 Å². The molecule has 8 nitrogen and oxygen atoms in total. The second-order valence-electron chi connectivity index (χ2n) is 10.3. The van der Waals surface area contributed by atoms with Crippen LogP contribution in [0.25, 0.3) is 28.1 Å². The second-order valence-corrected chi connectivity index (χ2v) is 10.3. The predicted molar refractivity (Wildman–Crippen MR) is 152 cm³/mol. The van der Waals surface area contributed by atoms with Gasteiger partial charge in [-0.3, -0.25) is 9.36 Å². The number of aromatic nitrogens is 6. The molecule has 38 heavy (non-hydrogen) atoms. The Labute approximate surface area is 223 Å². The van der Waals surface area contributed by atoms with E-state index in [0.29, 0.717) is 5.95 Å². The number of fused-ring (bicyclic) bond motifs is 3. The lowest BCUT2D eigenvalue weighted by Gasteiger charge is -2.20. The summed E-state index contributed by atoms with van der Waals surface area (Å²) in [6.45, 7) is 8.37. The maximum absolute atomic E-state index is 4.97. The molecular weight excluding hydrogens is 472 g/mol. The van der Waals surface area contributed by atoms with Crippen LogP contribution in [0.1, 0.15) is 44.0 Å². The molecule has 0 amide bonds.